The standard InChI is InChI=1S/C14H20N2/c1-5-11-16(4)14-10-8-7-9-13(14)12(3)15-6-2/h1,7-10,12,15H,6,11H2,2-4H3. The highest BCUT2D eigenvalue weighted by Gasteiger charge is 2.11. The van der Waals surface area contributed by atoms with Crippen LogP contribution >= 0.6 is 0 Å². The Bertz CT molecular complexity index is 365. The van der Waals surface area contributed by atoms with Crippen molar-refractivity contribution in [1.29, 1.82) is 0 Å². The summed E-state index contributed by atoms with van der Waals surface area (Å²) in [5.74, 6) is 2.67. The molecule has 0 spiro atoms. The van der Waals surface area contributed by atoms with Crippen LogP contribution in [-0.4, -0.2) is 20.1 Å². The van der Waals surface area contributed by atoms with E-state index in [0.717, 1.165) is 6.54 Å². The first-order valence-electron chi connectivity index (χ1n) is 5.67. The number of nitrogens with zero attached hydrogens (tertiary/aromatic N) is 1. The van der Waals surface area contributed by atoms with Crippen molar-refractivity contribution in [1.82, 2.24) is 5.32 Å². The molecule has 0 bridgehead atoms. The lowest BCUT2D eigenvalue weighted by Gasteiger charge is -2.23. The van der Waals surface area contributed by atoms with Crippen molar-refractivity contribution in [3.8, 4) is 12.3 Å². The van der Waals surface area contributed by atoms with Gasteiger partial charge in [0.2, 0.25) is 0 Å². The minimum Gasteiger partial charge on any atom is -0.363 e. The van der Waals surface area contributed by atoms with Crippen LogP contribution in [0.5, 0.6) is 0 Å². The Hall–Kier alpha value is -1.46. The zero-order valence-electron chi connectivity index (χ0n) is 10.3. The molecule has 1 aromatic rings. The minimum atomic E-state index is 0.349. The molecule has 0 saturated carbocycles. The van der Waals surface area contributed by atoms with Crippen LogP contribution in [0.25, 0.3) is 0 Å². The van der Waals surface area contributed by atoms with Gasteiger partial charge in [-0.05, 0) is 25.1 Å². The molecule has 0 aliphatic heterocycles. The molecule has 0 aromatic heterocycles. The first-order chi connectivity index (χ1) is 7.70. The molecule has 0 amide bonds. The average molecular weight is 216 g/mol. The second-order valence-electron chi connectivity index (χ2n) is 3.90. The van der Waals surface area contributed by atoms with E-state index >= 15 is 0 Å². The molecule has 0 saturated heterocycles. The van der Waals surface area contributed by atoms with Crippen LogP contribution in [-0.2, 0) is 0 Å². The van der Waals surface area contributed by atoms with Crippen LogP contribution in [0, 0.1) is 12.3 Å². The molecule has 2 nitrogen and oxygen atoms in total. The Morgan fingerprint density at radius 2 is 2.12 bits per heavy atom. The van der Waals surface area contributed by atoms with Crippen molar-refractivity contribution in [2.24, 2.45) is 0 Å². The summed E-state index contributed by atoms with van der Waals surface area (Å²) in [7, 11) is 2.03. The molecule has 1 rings (SSSR count). The fourth-order valence-corrected chi connectivity index (χ4v) is 1.84. The Kier molecular flexibility index (Phi) is 4.88. The predicted molar refractivity (Wildman–Crippen MR) is 70.6 cm³/mol. The maximum Gasteiger partial charge on any atom is 0.0788 e. The second-order valence-corrected chi connectivity index (χ2v) is 3.90. The van der Waals surface area contributed by atoms with Crippen molar-refractivity contribution >= 4 is 5.69 Å². The Morgan fingerprint density at radius 3 is 2.75 bits per heavy atom. The van der Waals surface area contributed by atoms with E-state index in [4.69, 9.17) is 6.42 Å². The first-order valence-corrected chi connectivity index (χ1v) is 5.67. The number of anilines is 1. The van der Waals surface area contributed by atoms with E-state index in [1.54, 1.807) is 0 Å². The van der Waals surface area contributed by atoms with Crippen molar-refractivity contribution in [3.63, 3.8) is 0 Å². The first kappa shape index (κ1) is 12.6. The highest BCUT2D eigenvalue weighted by atomic mass is 15.1. The number of benzene rings is 1. The average Bonchev–Trinajstić information content (AvgIpc) is 2.30. The van der Waals surface area contributed by atoms with Crippen LogP contribution in [0.3, 0.4) is 0 Å². The van der Waals surface area contributed by atoms with E-state index in [1.165, 1.54) is 11.3 Å². The third-order valence-corrected chi connectivity index (χ3v) is 2.65. The molecule has 1 aromatic carbocycles. The summed E-state index contributed by atoms with van der Waals surface area (Å²) in [6.45, 7) is 5.89. The van der Waals surface area contributed by atoms with Gasteiger partial charge in [-0.25, -0.2) is 0 Å². The molecule has 1 unspecified atom stereocenters. The third kappa shape index (κ3) is 3.01. The Morgan fingerprint density at radius 1 is 1.44 bits per heavy atom. The van der Waals surface area contributed by atoms with Gasteiger partial charge in [0.05, 0.1) is 6.54 Å². The number of hydrogen-bond acceptors (Lipinski definition) is 2. The van der Waals surface area contributed by atoms with Gasteiger partial charge in [0, 0.05) is 18.8 Å². The molecule has 0 radical (unpaired) electrons. The van der Waals surface area contributed by atoms with E-state index in [-0.39, 0.29) is 0 Å². The lowest BCUT2D eigenvalue weighted by molar-refractivity contribution is 0.597. The molecule has 0 aliphatic carbocycles. The summed E-state index contributed by atoms with van der Waals surface area (Å²) in [5, 5.41) is 3.42. The molecule has 2 heteroatoms. The van der Waals surface area contributed by atoms with Gasteiger partial charge in [-0.2, -0.15) is 0 Å². The van der Waals surface area contributed by atoms with Gasteiger partial charge >= 0.3 is 0 Å². The number of nitrogens with one attached hydrogen (secondary N) is 1. The van der Waals surface area contributed by atoms with Gasteiger partial charge in [0.1, 0.15) is 0 Å². The number of hydrogen-bond donors (Lipinski definition) is 1. The minimum absolute atomic E-state index is 0.349. The monoisotopic (exact) mass is 216 g/mol. The highest BCUT2D eigenvalue weighted by Crippen LogP contribution is 2.24. The molecular formula is C14H20N2. The SMILES string of the molecule is C#CCN(C)c1ccccc1C(C)NCC. The molecule has 16 heavy (non-hydrogen) atoms. The highest BCUT2D eigenvalue weighted by molar-refractivity contribution is 5.55. The summed E-state index contributed by atoms with van der Waals surface area (Å²) in [6.07, 6.45) is 5.34. The zero-order chi connectivity index (χ0) is 12.0. The van der Waals surface area contributed by atoms with Gasteiger partial charge in [-0.1, -0.05) is 31.0 Å². The lowest BCUT2D eigenvalue weighted by atomic mass is 10.1. The third-order valence-electron chi connectivity index (χ3n) is 2.65. The fraction of sp³-hybridized carbons (Fsp3) is 0.429. The number of rotatable bonds is 5. The van der Waals surface area contributed by atoms with Crippen LogP contribution < -0.4 is 10.2 Å². The quantitative estimate of drug-likeness (QED) is 0.760. The largest absolute Gasteiger partial charge is 0.363 e. The van der Waals surface area contributed by atoms with Crippen LogP contribution in [0.1, 0.15) is 25.5 Å². The smallest absolute Gasteiger partial charge is 0.0788 e. The van der Waals surface area contributed by atoms with Gasteiger partial charge in [-0.15, -0.1) is 6.42 Å². The summed E-state index contributed by atoms with van der Waals surface area (Å²) in [6, 6.07) is 8.72. The zero-order valence-corrected chi connectivity index (χ0v) is 10.3. The molecule has 86 valence electrons. The molecular weight excluding hydrogens is 196 g/mol. The van der Waals surface area contributed by atoms with Crippen molar-refractivity contribution in [2.75, 3.05) is 25.0 Å². The van der Waals surface area contributed by atoms with Crippen molar-refractivity contribution in [3.05, 3.63) is 29.8 Å². The molecule has 1 N–H and O–H groups in total. The Labute approximate surface area is 98.7 Å². The topological polar surface area (TPSA) is 15.3 Å². The van der Waals surface area contributed by atoms with Crippen LogP contribution in [0.15, 0.2) is 24.3 Å². The van der Waals surface area contributed by atoms with E-state index in [9.17, 15) is 0 Å². The summed E-state index contributed by atoms with van der Waals surface area (Å²) in [5.41, 5.74) is 2.50. The molecule has 0 fully saturated rings. The van der Waals surface area contributed by atoms with E-state index in [2.05, 4.69) is 48.2 Å². The maximum atomic E-state index is 5.34. The summed E-state index contributed by atoms with van der Waals surface area (Å²) >= 11 is 0. The van der Waals surface area contributed by atoms with Gasteiger partial charge < -0.3 is 10.2 Å². The summed E-state index contributed by atoms with van der Waals surface area (Å²) in [4.78, 5) is 2.10. The number of para-hydroxylation sites is 1. The second kappa shape index (κ2) is 6.19. The molecule has 1 atom stereocenters. The number of terminal acetylenes is 1. The molecule has 0 heterocycles. The molecule has 0 aliphatic rings. The predicted octanol–water partition coefficient (Wildman–Crippen LogP) is 2.43. The maximum absolute atomic E-state index is 5.34. The van der Waals surface area contributed by atoms with Gasteiger partial charge in [-0.3, -0.25) is 0 Å². The normalized spacial score (nSPS) is 11.9. The summed E-state index contributed by atoms with van der Waals surface area (Å²) < 4.78 is 0. The van der Waals surface area contributed by atoms with Gasteiger partial charge in [0.25, 0.3) is 0 Å². The van der Waals surface area contributed by atoms with Crippen LogP contribution in [0.4, 0.5) is 5.69 Å². The fourth-order valence-electron chi connectivity index (χ4n) is 1.84. The van der Waals surface area contributed by atoms with E-state index < -0.39 is 0 Å². The lowest BCUT2D eigenvalue weighted by Crippen LogP contribution is -2.23. The van der Waals surface area contributed by atoms with Gasteiger partial charge in [0.15, 0.2) is 0 Å². The van der Waals surface area contributed by atoms with Crippen molar-refractivity contribution < 1.29 is 0 Å². The van der Waals surface area contributed by atoms with E-state index in [0.29, 0.717) is 12.6 Å². The van der Waals surface area contributed by atoms with E-state index in [1.807, 2.05) is 13.1 Å². The van der Waals surface area contributed by atoms with Crippen LogP contribution in [0.2, 0.25) is 0 Å². The Balaban J connectivity index is 2.96. The van der Waals surface area contributed by atoms with Crippen molar-refractivity contribution in [2.45, 2.75) is 19.9 Å².